The largest absolute Gasteiger partial charge is 0.479 e. The molecular weight excluding hydrogens is 264 g/mol. The average Bonchev–Trinajstić information content (AvgIpc) is 2.82. The Balaban J connectivity index is 2.19. The van der Waals surface area contributed by atoms with Crippen molar-refractivity contribution in [3.8, 4) is 0 Å². The van der Waals surface area contributed by atoms with E-state index in [9.17, 15) is 14.7 Å². The van der Waals surface area contributed by atoms with Gasteiger partial charge in [0.2, 0.25) is 0 Å². The molecule has 0 aliphatic carbocycles. The fourth-order valence-electron chi connectivity index (χ4n) is 2.13. The lowest BCUT2D eigenvalue weighted by Gasteiger charge is -2.33. The van der Waals surface area contributed by atoms with E-state index in [1.807, 2.05) is 12.3 Å². The Morgan fingerprint density at radius 2 is 2.37 bits per heavy atom. The molecule has 2 rings (SSSR count). The maximum Gasteiger partial charge on any atom is 0.331 e. The topological polar surface area (TPSA) is 69.6 Å². The number of hydrogen-bond donors (Lipinski definition) is 2. The zero-order valence-electron chi connectivity index (χ0n) is 10.7. The van der Waals surface area contributed by atoms with Crippen LogP contribution in [0.3, 0.4) is 0 Å². The second-order valence-corrected chi connectivity index (χ2v) is 5.60. The highest BCUT2D eigenvalue weighted by Gasteiger charge is 2.36. The number of carbonyl (C=O) groups is 2. The number of nitrogens with zero attached hydrogens (tertiary/aromatic N) is 1. The van der Waals surface area contributed by atoms with Gasteiger partial charge >= 0.3 is 12.0 Å². The first-order valence-electron chi connectivity index (χ1n) is 5.98. The van der Waals surface area contributed by atoms with Crippen LogP contribution in [-0.2, 0) is 11.2 Å². The molecule has 0 saturated carbocycles. The average molecular weight is 280 g/mol. The van der Waals surface area contributed by atoms with Gasteiger partial charge in [-0.1, -0.05) is 12.2 Å². The fourth-order valence-corrected chi connectivity index (χ4v) is 3.03. The SMILES string of the molecule is C=C(C)CNC(=O)N1CCc2sccc2C1C(=O)O. The van der Waals surface area contributed by atoms with E-state index < -0.39 is 12.0 Å². The molecule has 0 radical (unpaired) electrons. The molecule has 0 aromatic carbocycles. The highest BCUT2D eigenvalue weighted by Crippen LogP contribution is 2.33. The van der Waals surface area contributed by atoms with Crippen LogP contribution in [0.4, 0.5) is 4.79 Å². The normalized spacial score (nSPS) is 17.7. The summed E-state index contributed by atoms with van der Waals surface area (Å²) >= 11 is 1.54. The van der Waals surface area contributed by atoms with Gasteiger partial charge in [-0.05, 0) is 30.4 Å². The maximum atomic E-state index is 12.1. The number of fused-ring (bicyclic) bond motifs is 1. The summed E-state index contributed by atoms with van der Waals surface area (Å²) in [5, 5.41) is 13.9. The van der Waals surface area contributed by atoms with Gasteiger partial charge in [0.25, 0.3) is 0 Å². The molecule has 1 aromatic heterocycles. The molecule has 2 N–H and O–H groups in total. The van der Waals surface area contributed by atoms with Crippen molar-refractivity contribution in [3.63, 3.8) is 0 Å². The Morgan fingerprint density at radius 3 is 3.00 bits per heavy atom. The van der Waals surface area contributed by atoms with E-state index >= 15 is 0 Å². The van der Waals surface area contributed by atoms with Gasteiger partial charge in [0, 0.05) is 18.0 Å². The minimum Gasteiger partial charge on any atom is -0.479 e. The second kappa shape index (κ2) is 5.44. The third-order valence-corrected chi connectivity index (χ3v) is 4.00. The third kappa shape index (κ3) is 2.78. The van der Waals surface area contributed by atoms with Crippen molar-refractivity contribution in [2.75, 3.05) is 13.1 Å². The number of thiophene rings is 1. The molecule has 0 saturated heterocycles. The van der Waals surface area contributed by atoms with E-state index in [4.69, 9.17) is 0 Å². The quantitative estimate of drug-likeness (QED) is 0.832. The van der Waals surface area contributed by atoms with Crippen LogP contribution in [-0.4, -0.2) is 35.1 Å². The Kier molecular flexibility index (Phi) is 3.90. The van der Waals surface area contributed by atoms with Gasteiger partial charge in [-0.15, -0.1) is 11.3 Å². The number of rotatable bonds is 3. The van der Waals surface area contributed by atoms with Crippen LogP contribution in [0, 0.1) is 0 Å². The molecule has 102 valence electrons. The molecule has 0 bridgehead atoms. The molecule has 6 heteroatoms. The van der Waals surface area contributed by atoms with E-state index in [-0.39, 0.29) is 6.03 Å². The summed E-state index contributed by atoms with van der Waals surface area (Å²) in [5.41, 5.74) is 1.56. The van der Waals surface area contributed by atoms with Crippen molar-refractivity contribution < 1.29 is 14.7 Å². The Hall–Kier alpha value is -1.82. The van der Waals surface area contributed by atoms with Crippen LogP contribution in [0.15, 0.2) is 23.6 Å². The second-order valence-electron chi connectivity index (χ2n) is 4.60. The molecule has 19 heavy (non-hydrogen) atoms. The molecular formula is C13H16N2O3S. The van der Waals surface area contributed by atoms with Crippen LogP contribution < -0.4 is 5.32 Å². The molecule has 1 aromatic rings. The van der Waals surface area contributed by atoms with Crippen molar-refractivity contribution in [3.05, 3.63) is 34.0 Å². The van der Waals surface area contributed by atoms with Gasteiger partial charge in [-0.2, -0.15) is 0 Å². The van der Waals surface area contributed by atoms with Crippen molar-refractivity contribution in [1.29, 1.82) is 0 Å². The summed E-state index contributed by atoms with van der Waals surface area (Å²) in [7, 11) is 0. The van der Waals surface area contributed by atoms with Crippen LogP contribution >= 0.6 is 11.3 Å². The summed E-state index contributed by atoms with van der Waals surface area (Å²) in [6.07, 6.45) is 0.706. The highest BCUT2D eigenvalue weighted by molar-refractivity contribution is 7.10. The first-order valence-corrected chi connectivity index (χ1v) is 6.86. The fraction of sp³-hybridized carbons (Fsp3) is 0.385. The summed E-state index contributed by atoms with van der Waals surface area (Å²) in [5.74, 6) is -0.996. The van der Waals surface area contributed by atoms with Gasteiger partial charge in [-0.25, -0.2) is 9.59 Å². The van der Waals surface area contributed by atoms with Crippen LogP contribution in [0.25, 0.3) is 0 Å². The summed E-state index contributed by atoms with van der Waals surface area (Å²) < 4.78 is 0. The summed E-state index contributed by atoms with van der Waals surface area (Å²) in [6, 6.07) is 0.545. The number of aliphatic carboxylic acids is 1. The predicted molar refractivity (Wildman–Crippen MR) is 73.3 cm³/mol. The molecule has 1 atom stereocenters. The summed E-state index contributed by atoms with van der Waals surface area (Å²) in [4.78, 5) is 25.9. The van der Waals surface area contributed by atoms with Crippen molar-refractivity contribution in [1.82, 2.24) is 10.2 Å². The number of urea groups is 1. The first-order chi connectivity index (χ1) is 9.00. The molecule has 0 fully saturated rings. The van der Waals surface area contributed by atoms with Crippen molar-refractivity contribution in [2.45, 2.75) is 19.4 Å². The van der Waals surface area contributed by atoms with Gasteiger partial charge in [0.1, 0.15) is 0 Å². The van der Waals surface area contributed by atoms with Crippen LogP contribution in [0.1, 0.15) is 23.4 Å². The maximum absolute atomic E-state index is 12.1. The van der Waals surface area contributed by atoms with E-state index in [1.165, 1.54) is 4.90 Å². The number of carboxylic acids is 1. The molecule has 2 heterocycles. The Bertz CT molecular complexity index is 524. The molecule has 2 amide bonds. The Labute approximate surface area is 115 Å². The lowest BCUT2D eigenvalue weighted by molar-refractivity contribution is -0.142. The molecule has 5 nitrogen and oxygen atoms in total. The highest BCUT2D eigenvalue weighted by atomic mass is 32.1. The van der Waals surface area contributed by atoms with Crippen LogP contribution in [0.2, 0.25) is 0 Å². The minimum absolute atomic E-state index is 0.354. The lowest BCUT2D eigenvalue weighted by atomic mass is 10.0. The zero-order chi connectivity index (χ0) is 14.0. The van der Waals surface area contributed by atoms with E-state index in [0.29, 0.717) is 19.5 Å². The Morgan fingerprint density at radius 1 is 1.63 bits per heavy atom. The number of carbonyl (C=O) groups excluding carboxylic acids is 1. The zero-order valence-corrected chi connectivity index (χ0v) is 11.5. The number of nitrogens with one attached hydrogen (secondary N) is 1. The minimum atomic E-state index is -0.996. The first kappa shape index (κ1) is 13.6. The van der Waals surface area contributed by atoms with Gasteiger partial charge < -0.3 is 15.3 Å². The van der Waals surface area contributed by atoms with Gasteiger partial charge in [0.15, 0.2) is 6.04 Å². The summed E-state index contributed by atoms with van der Waals surface area (Å²) in [6.45, 7) is 6.30. The van der Waals surface area contributed by atoms with Crippen molar-refractivity contribution in [2.24, 2.45) is 0 Å². The standard InChI is InChI=1S/C13H16N2O3S/c1-8(2)7-14-13(18)15-5-3-10-9(4-6-19-10)11(15)12(16)17/h4,6,11H,1,3,5,7H2,2H3,(H,14,18)(H,16,17). The number of carboxylic acid groups (broad SMARTS) is 1. The predicted octanol–water partition coefficient (Wildman–Crippen LogP) is 2.02. The third-order valence-electron chi connectivity index (χ3n) is 3.00. The molecule has 1 aliphatic rings. The number of amides is 2. The lowest BCUT2D eigenvalue weighted by Crippen LogP contribution is -2.48. The molecule has 0 spiro atoms. The number of hydrogen-bond acceptors (Lipinski definition) is 3. The van der Waals surface area contributed by atoms with Crippen LogP contribution in [0.5, 0.6) is 0 Å². The molecule has 1 aliphatic heterocycles. The van der Waals surface area contributed by atoms with Gasteiger partial charge in [-0.3, -0.25) is 0 Å². The monoisotopic (exact) mass is 280 g/mol. The van der Waals surface area contributed by atoms with E-state index in [2.05, 4.69) is 11.9 Å². The molecule has 1 unspecified atom stereocenters. The van der Waals surface area contributed by atoms with Crippen molar-refractivity contribution >= 4 is 23.3 Å². The van der Waals surface area contributed by atoms with E-state index in [0.717, 1.165) is 16.0 Å². The van der Waals surface area contributed by atoms with E-state index in [1.54, 1.807) is 17.4 Å². The smallest absolute Gasteiger partial charge is 0.331 e. The van der Waals surface area contributed by atoms with Gasteiger partial charge in [0.05, 0.1) is 0 Å².